The molecule has 25 heavy (non-hydrogen) atoms. The molecule has 1 atom stereocenters. The number of benzene rings is 1. The first-order chi connectivity index (χ1) is 11.7. The summed E-state index contributed by atoms with van der Waals surface area (Å²) < 4.78 is 22.3. The first kappa shape index (κ1) is 20.0. The second kappa shape index (κ2) is 8.86. The summed E-state index contributed by atoms with van der Waals surface area (Å²) in [7, 11) is -1.19. The van der Waals surface area contributed by atoms with Crippen LogP contribution in [0, 0.1) is 0 Å². The van der Waals surface area contributed by atoms with Crippen molar-refractivity contribution in [2.24, 2.45) is 0 Å². The van der Waals surface area contributed by atoms with Crippen LogP contribution in [0.3, 0.4) is 0 Å². The van der Waals surface area contributed by atoms with Gasteiger partial charge in [0.1, 0.15) is 5.82 Å². The summed E-state index contributed by atoms with van der Waals surface area (Å²) in [6.45, 7) is 7.24. The number of para-hydroxylation sites is 1. The Hall–Kier alpha value is -1.32. The van der Waals surface area contributed by atoms with Gasteiger partial charge in [0.2, 0.25) is 16.6 Å². The monoisotopic (exact) mass is 398 g/mol. The van der Waals surface area contributed by atoms with E-state index in [0.29, 0.717) is 5.82 Å². The van der Waals surface area contributed by atoms with Crippen LogP contribution in [-0.4, -0.2) is 26.8 Å². The molecule has 3 N–H and O–H groups in total. The Balaban J connectivity index is 2.24. The Morgan fingerprint density at radius 3 is 2.64 bits per heavy atom. The first-order valence-electron chi connectivity index (χ1n) is 7.95. The molecule has 0 aliphatic rings. The quantitative estimate of drug-likeness (QED) is 0.355. The molecule has 0 aliphatic carbocycles. The number of nitrogens with one attached hydrogen (secondary N) is 2. The van der Waals surface area contributed by atoms with Crippen LogP contribution in [0.2, 0.25) is 31.0 Å². The number of rotatable bonds is 8. The normalized spacial score (nSPS) is 12.8. The highest BCUT2D eigenvalue weighted by molar-refractivity contribution is 7.77. The zero-order valence-corrected chi connectivity index (χ0v) is 17.1. The van der Waals surface area contributed by atoms with E-state index >= 15 is 0 Å². The highest BCUT2D eigenvalue weighted by Gasteiger charge is 2.16. The summed E-state index contributed by atoms with van der Waals surface area (Å²) in [5.74, 6) is 0.677. The van der Waals surface area contributed by atoms with E-state index in [2.05, 4.69) is 39.6 Å². The van der Waals surface area contributed by atoms with E-state index in [-0.39, 0.29) is 11.8 Å². The molecule has 9 heteroatoms. The predicted molar refractivity (Wildman–Crippen MR) is 106 cm³/mol. The van der Waals surface area contributed by atoms with Gasteiger partial charge in [0.05, 0.1) is 0 Å². The van der Waals surface area contributed by atoms with Crippen molar-refractivity contribution in [3.8, 4) is 0 Å². The highest BCUT2D eigenvalue weighted by atomic mass is 35.5. The maximum atomic E-state index is 10.9. The minimum Gasteiger partial charge on any atom is -0.340 e. The van der Waals surface area contributed by atoms with Gasteiger partial charge < -0.3 is 5.32 Å². The number of nitrogens with zero attached hydrogens (tertiary/aromatic N) is 2. The van der Waals surface area contributed by atoms with E-state index in [1.807, 2.05) is 24.3 Å². The van der Waals surface area contributed by atoms with Gasteiger partial charge in [0.15, 0.2) is 0 Å². The maximum Gasteiger partial charge on any atom is 0.232 e. The Bertz CT molecular complexity index is 755. The van der Waals surface area contributed by atoms with Crippen molar-refractivity contribution in [1.82, 2.24) is 14.7 Å². The molecule has 1 aromatic heterocycles. The van der Waals surface area contributed by atoms with Crippen LogP contribution in [0.15, 0.2) is 30.5 Å². The number of hydrogen-bond acceptors (Lipinski definition) is 4. The predicted octanol–water partition coefficient (Wildman–Crippen LogP) is 3.98. The van der Waals surface area contributed by atoms with Gasteiger partial charge in [-0.2, -0.15) is 0 Å². The van der Waals surface area contributed by atoms with Crippen LogP contribution in [-0.2, 0) is 24.2 Å². The first-order valence-corrected chi connectivity index (χ1v) is 13.1. The van der Waals surface area contributed by atoms with Crippen LogP contribution in [0.5, 0.6) is 0 Å². The molecule has 2 aromatic rings. The van der Waals surface area contributed by atoms with E-state index < -0.39 is 19.3 Å². The van der Waals surface area contributed by atoms with Crippen molar-refractivity contribution < 1.29 is 8.76 Å². The summed E-state index contributed by atoms with van der Waals surface area (Å²) in [6.07, 6.45) is 2.65. The van der Waals surface area contributed by atoms with Gasteiger partial charge in [-0.1, -0.05) is 43.9 Å². The molecule has 0 aliphatic heterocycles. The average Bonchev–Trinajstić information content (AvgIpc) is 2.52. The van der Waals surface area contributed by atoms with Gasteiger partial charge in [-0.3, -0.25) is 4.55 Å². The zero-order chi connectivity index (χ0) is 18.4. The molecule has 2 rings (SSSR count). The van der Waals surface area contributed by atoms with Crippen LogP contribution >= 0.6 is 11.6 Å². The molecule has 0 radical (unpaired) electrons. The molecule has 1 heterocycles. The van der Waals surface area contributed by atoms with Gasteiger partial charge in [0, 0.05) is 32.1 Å². The van der Waals surface area contributed by atoms with Crippen LogP contribution in [0.25, 0.3) is 0 Å². The van der Waals surface area contributed by atoms with Gasteiger partial charge in [-0.05, 0) is 29.7 Å². The van der Waals surface area contributed by atoms with Crippen molar-refractivity contribution in [2.75, 3.05) is 5.32 Å². The van der Waals surface area contributed by atoms with Crippen molar-refractivity contribution >= 4 is 42.4 Å². The summed E-state index contributed by atoms with van der Waals surface area (Å²) in [5.41, 5.74) is 2.68. The molecule has 136 valence electrons. The second-order valence-electron chi connectivity index (χ2n) is 6.93. The molecule has 0 saturated heterocycles. The SMILES string of the molecule is C[Si](C)(C)CCc1cnc(Cl)nc1Nc1ccccc1CNS(=O)O. The van der Waals surface area contributed by atoms with E-state index in [0.717, 1.165) is 29.3 Å². The third-order valence-corrected chi connectivity index (χ3v) is 5.96. The summed E-state index contributed by atoms with van der Waals surface area (Å²) in [4.78, 5) is 8.44. The maximum absolute atomic E-state index is 10.9. The lowest BCUT2D eigenvalue weighted by atomic mass is 10.1. The van der Waals surface area contributed by atoms with E-state index in [4.69, 9.17) is 16.2 Å². The fourth-order valence-corrected chi connectivity index (χ4v) is 3.68. The topological polar surface area (TPSA) is 87.1 Å². The average molecular weight is 399 g/mol. The van der Waals surface area contributed by atoms with E-state index in [1.54, 1.807) is 6.20 Å². The molecule has 0 saturated carbocycles. The number of halogens is 1. The van der Waals surface area contributed by atoms with E-state index in [1.165, 1.54) is 0 Å². The fourth-order valence-electron chi connectivity index (χ4n) is 2.25. The minimum absolute atomic E-state index is 0.186. The number of aryl methyl sites for hydroxylation is 1. The molecule has 0 bridgehead atoms. The Labute approximate surface area is 156 Å². The lowest BCUT2D eigenvalue weighted by Crippen LogP contribution is -2.20. The van der Waals surface area contributed by atoms with Gasteiger partial charge in [-0.25, -0.2) is 18.9 Å². The van der Waals surface area contributed by atoms with Gasteiger partial charge in [-0.15, -0.1) is 0 Å². The third kappa shape index (κ3) is 6.83. The Morgan fingerprint density at radius 2 is 1.96 bits per heavy atom. The Kier molecular flexibility index (Phi) is 7.09. The molecule has 6 nitrogen and oxygen atoms in total. The third-order valence-electron chi connectivity index (χ3n) is 3.64. The molecular formula is C16H23ClN4O2SSi. The van der Waals surface area contributed by atoms with Crippen molar-refractivity contribution in [2.45, 2.75) is 38.7 Å². The largest absolute Gasteiger partial charge is 0.340 e. The summed E-state index contributed by atoms with van der Waals surface area (Å²) in [5, 5.41) is 3.49. The smallest absolute Gasteiger partial charge is 0.232 e. The minimum atomic E-state index is -2.06. The molecule has 1 aromatic carbocycles. The lowest BCUT2D eigenvalue weighted by molar-refractivity contribution is 0.549. The molecular weight excluding hydrogens is 376 g/mol. The molecule has 0 spiro atoms. The number of hydrogen-bond donors (Lipinski definition) is 3. The number of anilines is 2. The highest BCUT2D eigenvalue weighted by Crippen LogP contribution is 2.25. The van der Waals surface area contributed by atoms with Crippen LogP contribution < -0.4 is 10.0 Å². The summed E-state index contributed by atoms with van der Waals surface area (Å²) >= 11 is 3.91. The molecule has 1 unspecified atom stereocenters. The molecule has 0 amide bonds. The number of aromatic nitrogens is 2. The van der Waals surface area contributed by atoms with Gasteiger partial charge >= 0.3 is 0 Å². The fraction of sp³-hybridized carbons (Fsp3) is 0.375. The molecule has 0 fully saturated rings. The van der Waals surface area contributed by atoms with E-state index in [9.17, 15) is 4.21 Å². The lowest BCUT2D eigenvalue weighted by Gasteiger charge is -2.18. The van der Waals surface area contributed by atoms with Crippen molar-refractivity contribution in [3.63, 3.8) is 0 Å². The zero-order valence-electron chi connectivity index (χ0n) is 14.5. The Morgan fingerprint density at radius 1 is 1.24 bits per heavy atom. The van der Waals surface area contributed by atoms with Crippen molar-refractivity contribution in [3.05, 3.63) is 46.9 Å². The van der Waals surface area contributed by atoms with Crippen molar-refractivity contribution in [1.29, 1.82) is 0 Å². The van der Waals surface area contributed by atoms with Crippen LogP contribution in [0.1, 0.15) is 11.1 Å². The second-order valence-corrected chi connectivity index (χ2v) is 13.7. The standard InChI is InChI=1S/C16H23ClN4O2SSi/c1-25(2,3)9-8-13-10-18-16(17)21-15(13)20-14-7-5-4-6-12(14)11-19-24(22)23/h4-7,10,19H,8-9,11H2,1-3H3,(H,22,23)(H,18,20,21). The van der Waals surface area contributed by atoms with Gasteiger partial charge in [0.25, 0.3) is 0 Å². The summed E-state index contributed by atoms with van der Waals surface area (Å²) in [6, 6.07) is 8.68. The van der Waals surface area contributed by atoms with Crippen LogP contribution in [0.4, 0.5) is 11.5 Å².